The Bertz CT molecular complexity index is 206. The molecule has 2 unspecified atom stereocenters. The van der Waals surface area contributed by atoms with Crippen molar-refractivity contribution in [2.45, 2.75) is 45.1 Å². The summed E-state index contributed by atoms with van der Waals surface area (Å²) in [5.74, 6) is 0. The number of aliphatic hydroxyl groups is 1. The molecule has 0 aliphatic carbocycles. The van der Waals surface area contributed by atoms with Crippen molar-refractivity contribution in [2.75, 3.05) is 32.7 Å². The van der Waals surface area contributed by atoms with Crippen molar-refractivity contribution in [1.29, 1.82) is 0 Å². The number of aliphatic hydroxyl groups excluding tert-OH is 1. The molecule has 2 aliphatic rings. The van der Waals surface area contributed by atoms with Crippen LogP contribution in [0.5, 0.6) is 0 Å². The molecule has 94 valence electrons. The maximum atomic E-state index is 9.35. The highest BCUT2D eigenvalue weighted by Crippen LogP contribution is 2.35. The Labute approximate surface area is 99.2 Å². The highest BCUT2D eigenvalue weighted by Gasteiger charge is 2.36. The summed E-state index contributed by atoms with van der Waals surface area (Å²) in [6, 6.07) is 0. The smallest absolute Gasteiger partial charge is 0.0524 e. The first-order valence-electron chi connectivity index (χ1n) is 6.81. The van der Waals surface area contributed by atoms with Crippen molar-refractivity contribution in [2.24, 2.45) is 5.41 Å². The molecule has 3 nitrogen and oxygen atoms in total. The molecule has 0 aromatic heterocycles. The summed E-state index contributed by atoms with van der Waals surface area (Å²) in [6.07, 6.45) is 6.23. The number of nitrogens with zero attached hydrogens (tertiary/aromatic N) is 1. The van der Waals surface area contributed by atoms with Crippen LogP contribution in [0.15, 0.2) is 0 Å². The average Bonchev–Trinajstić information content (AvgIpc) is 2.28. The minimum atomic E-state index is -0.151. The van der Waals surface area contributed by atoms with E-state index in [2.05, 4.69) is 10.2 Å². The van der Waals surface area contributed by atoms with Gasteiger partial charge in [0, 0.05) is 19.6 Å². The van der Waals surface area contributed by atoms with Gasteiger partial charge in [-0.15, -0.1) is 0 Å². The largest absolute Gasteiger partial charge is 0.393 e. The van der Waals surface area contributed by atoms with E-state index < -0.39 is 0 Å². The molecule has 2 fully saturated rings. The molecule has 3 heteroatoms. The average molecular weight is 226 g/mol. The Morgan fingerprint density at radius 1 is 1.38 bits per heavy atom. The van der Waals surface area contributed by atoms with Gasteiger partial charge in [-0.2, -0.15) is 0 Å². The van der Waals surface area contributed by atoms with Crippen LogP contribution in [0.3, 0.4) is 0 Å². The van der Waals surface area contributed by atoms with Crippen molar-refractivity contribution in [3.05, 3.63) is 0 Å². The maximum absolute atomic E-state index is 9.35. The SMILES string of the molecule is CC(O)CCN1CCCC2(CCCNC2)C1. The molecule has 2 rings (SSSR count). The molecule has 0 saturated carbocycles. The molecular formula is C13H26N2O. The van der Waals surface area contributed by atoms with Crippen LogP contribution in [0.2, 0.25) is 0 Å². The number of nitrogens with one attached hydrogen (secondary N) is 1. The van der Waals surface area contributed by atoms with Gasteiger partial charge >= 0.3 is 0 Å². The van der Waals surface area contributed by atoms with Crippen LogP contribution in [-0.2, 0) is 0 Å². The van der Waals surface area contributed by atoms with Gasteiger partial charge in [-0.05, 0) is 57.5 Å². The van der Waals surface area contributed by atoms with Crippen LogP contribution in [0.25, 0.3) is 0 Å². The molecule has 0 aromatic rings. The molecule has 0 amide bonds. The Balaban J connectivity index is 1.83. The first-order valence-corrected chi connectivity index (χ1v) is 6.81. The molecule has 16 heavy (non-hydrogen) atoms. The van der Waals surface area contributed by atoms with Gasteiger partial charge in [-0.3, -0.25) is 0 Å². The summed E-state index contributed by atoms with van der Waals surface area (Å²) < 4.78 is 0. The second-order valence-corrected chi connectivity index (χ2v) is 5.80. The predicted octanol–water partition coefficient (Wildman–Crippen LogP) is 1.22. The van der Waals surface area contributed by atoms with Gasteiger partial charge in [0.2, 0.25) is 0 Å². The zero-order valence-corrected chi connectivity index (χ0v) is 10.5. The minimum absolute atomic E-state index is 0.151. The molecular weight excluding hydrogens is 200 g/mol. The Hall–Kier alpha value is -0.120. The quantitative estimate of drug-likeness (QED) is 0.759. The highest BCUT2D eigenvalue weighted by molar-refractivity contribution is 4.91. The van der Waals surface area contributed by atoms with Gasteiger partial charge in [0.15, 0.2) is 0 Å². The van der Waals surface area contributed by atoms with Crippen molar-refractivity contribution < 1.29 is 5.11 Å². The normalized spacial score (nSPS) is 34.1. The number of hydrogen-bond acceptors (Lipinski definition) is 3. The molecule has 1 spiro atoms. The van der Waals surface area contributed by atoms with E-state index in [9.17, 15) is 5.11 Å². The number of hydrogen-bond donors (Lipinski definition) is 2. The first kappa shape index (κ1) is 12.3. The summed E-state index contributed by atoms with van der Waals surface area (Å²) in [6.45, 7) is 7.84. The van der Waals surface area contributed by atoms with Gasteiger partial charge in [-0.25, -0.2) is 0 Å². The Kier molecular flexibility index (Phi) is 4.22. The number of rotatable bonds is 3. The van der Waals surface area contributed by atoms with Gasteiger partial charge in [-0.1, -0.05) is 0 Å². The van der Waals surface area contributed by atoms with E-state index in [1.807, 2.05) is 6.92 Å². The third-order valence-electron chi connectivity index (χ3n) is 4.16. The zero-order valence-electron chi connectivity index (χ0n) is 10.5. The van der Waals surface area contributed by atoms with E-state index in [1.165, 1.54) is 51.9 Å². The third kappa shape index (κ3) is 3.19. The van der Waals surface area contributed by atoms with Crippen LogP contribution in [0.1, 0.15) is 39.0 Å². The van der Waals surface area contributed by atoms with Crippen molar-refractivity contribution in [1.82, 2.24) is 10.2 Å². The zero-order chi connectivity index (χ0) is 11.4. The summed E-state index contributed by atoms with van der Waals surface area (Å²) in [5, 5.41) is 12.9. The van der Waals surface area contributed by atoms with Crippen molar-refractivity contribution >= 4 is 0 Å². The molecule has 2 N–H and O–H groups in total. The summed E-state index contributed by atoms with van der Waals surface area (Å²) in [7, 11) is 0. The van der Waals surface area contributed by atoms with Gasteiger partial charge in [0.1, 0.15) is 0 Å². The van der Waals surface area contributed by atoms with Gasteiger partial charge < -0.3 is 15.3 Å². The number of piperidine rings is 2. The maximum Gasteiger partial charge on any atom is 0.0524 e. The highest BCUT2D eigenvalue weighted by atomic mass is 16.3. The van der Waals surface area contributed by atoms with Crippen molar-refractivity contribution in [3.8, 4) is 0 Å². The monoisotopic (exact) mass is 226 g/mol. The Morgan fingerprint density at radius 3 is 2.88 bits per heavy atom. The van der Waals surface area contributed by atoms with Crippen LogP contribution in [0, 0.1) is 5.41 Å². The molecule has 2 atom stereocenters. The standard InChI is InChI=1S/C13H26N2O/c1-12(16)4-9-15-8-3-6-13(11-15)5-2-7-14-10-13/h12,14,16H,2-11H2,1H3. The lowest BCUT2D eigenvalue weighted by Gasteiger charge is -2.45. The van der Waals surface area contributed by atoms with Crippen LogP contribution >= 0.6 is 0 Å². The van der Waals surface area contributed by atoms with E-state index in [-0.39, 0.29) is 6.10 Å². The fraction of sp³-hybridized carbons (Fsp3) is 1.00. The summed E-state index contributed by atoms with van der Waals surface area (Å²) in [5.41, 5.74) is 0.551. The van der Waals surface area contributed by atoms with Crippen LogP contribution < -0.4 is 5.32 Å². The lowest BCUT2D eigenvalue weighted by Crippen LogP contribution is -2.51. The summed E-state index contributed by atoms with van der Waals surface area (Å²) >= 11 is 0. The number of likely N-dealkylation sites (tertiary alicyclic amines) is 1. The van der Waals surface area contributed by atoms with E-state index in [4.69, 9.17) is 0 Å². The Morgan fingerprint density at radius 2 is 2.19 bits per heavy atom. The fourth-order valence-electron chi connectivity index (χ4n) is 3.25. The van der Waals surface area contributed by atoms with E-state index in [0.717, 1.165) is 13.0 Å². The molecule has 2 saturated heterocycles. The van der Waals surface area contributed by atoms with Crippen molar-refractivity contribution in [3.63, 3.8) is 0 Å². The minimum Gasteiger partial charge on any atom is -0.393 e. The third-order valence-corrected chi connectivity index (χ3v) is 4.16. The lowest BCUT2D eigenvalue weighted by molar-refractivity contribution is 0.0544. The predicted molar refractivity (Wildman–Crippen MR) is 66.5 cm³/mol. The lowest BCUT2D eigenvalue weighted by atomic mass is 9.74. The molecule has 2 aliphatic heterocycles. The topological polar surface area (TPSA) is 35.5 Å². The molecule has 0 aromatic carbocycles. The fourth-order valence-corrected chi connectivity index (χ4v) is 3.25. The summed E-state index contributed by atoms with van der Waals surface area (Å²) in [4.78, 5) is 2.56. The molecule has 2 heterocycles. The van der Waals surface area contributed by atoms with E-state index >= 15 is 0 Å². The first-order chi connectivity index (χ1) is 7.70. The molecule has 0 radical (unpaired) electrons. The van der Waals surface area contributed by atoms with Crippen LogP contribution in [-0.4, -0.2) is 48.8 Å². The second kappa shape index (κ2) is 5.48. The van der Waals surface area contributed by atoms with E-state index in [1.54, 1.807) is 0 Å². The second-order valence-electron chi connectivity index (χ2n) is 5.80. The van der Waals surface area contributed by atoms with Gasteiger partial charge in [0.25, 0.3) is 0 Å². The van der Waals surface area contributed by atoms with E-state index in [0.29, 0.717) is 5.41 Å². The molecule has 0 bridgehead atoms. The van der Waals surface area contributed by atoms with Gasteiger partial charge in [0.05, 0.1) is 6.10 Å². The van der Waals surface area contributed by atoms with Crippen LogP contribution in [0.4, 0.5) is 0 Å².